The van der Waals surface area contributed by atoms with Crippen LogP contribution in [-0.4, -0.2) is 11.1 Å². The predicted octanol–water partition coefficient (Wildman–Crippen LogP) is 1.90. The monoisotopic (exact) mass is 154 g/mol. The van der Waals surface area contributed by atoms with Gasteiger partial charge in [-0.25, -0.2) is 0 Å². The minimum Gasteiger partial charge on any atom is -0.481 e. The van der Waals surface area contributed by atoms with Crippen molar-refractivity contribution in [3.8, 4) is 0 Å². The van der Waals surface area contributed by atoms with Gasteiger partial charge in [0.05, 0.1) is 5.92 Å². The van der Waals surface area contributed by atoms with Gasteiger partial charge < -0.3 is 5.11 Å². The molecule has 2 aliphatic carbocycles. The second-order valence-corrected chi connectivity index (χ2v) is 4.12. The van der Waals surface area contributed by atoms with Crippen molar-refractivity contribution in [2.45, 2.75) is 32.6 Å². The summed E-state index contributed by atoms with van der Waals surface area (Å²) in [6.45, 7) is 2.20. The summed E-state index contributed by atoms with van der Waals surface area (Å²) in [6.07, 6.45) is 4.59. The van der Waals surface area contributed by atoms with Crippen LogP contribution in [0.4, 0.5) is 0 Å². The smallest absolute Gasteiger partial charge is 0.307 e. The Morgan fingerprint density at radius 1 is 1.64 bits per heavy atom. The van der Waals surface area contributed by atoms with Crippen LogP contribution in [0.3, 0.4) is 0 Å². The van der Waals surface area contributed by atoms with E-state index >= 15 is 0 Å². The van der Waals surface area contributed by atoms with E-state index < -0.39 is 5.97 Å². The molecule has 1 N–H and O–H groups in total. The lowest BCUT2D eigenvalue weighted by atomic mass is 9.92. The van der Waals surface area contributed by atoms with Gasteiger partial charge in [-0.2, -0.15) is 0 Å². The molecule has 0 aromatic rings. The molecule has 62 valence electrons. The number of hydrogen-bond donors (Lipinski definition) is 1. The second-order valence-electron chi connectivity index (χ2n) is 4.12. The van der Waals surface area contributed by atoms with Crippen LogP contribution in [0.15, 0.2) is 0 Å². The summed E-state index contributed by atoms with van der Waals surface area (Å²) in [6, 6.07) is 0. The molecule has 11 heavy (non-hydrogen) atoms. The van der Waals surface area contributed by atoms with Crippen molar-refractivity contribution >= 4 is 5.97 Å². The zero-order valence-corrected chi connectivity index (χ0v) is 6.84. The molecule has 0 aromatic carbocycles. The molecule has 0 aliphatic heterocycles. The van der Waals surface area contributed by atoms with Gasteiger partial charge in [0.1, 0.15) is 0 Å². The van der Waals surface area contributed by atoms with Gasteiger partial charge in [0.25, 0.3) is 0 Å². The molecular formula is C9H14O2. The lowest BCUT2D eigenvalue weighted by Gasteiger charge is -2.12. The van der Waals surface area contributed by atoms with Gasteiger partial charge in [0.2, 0.25) is 0 Å². The van der Waals surface area contributed by atoms with Gasteiger partial charge in [-0.15, -0.1) is 0 Å². The van der Waals surface area contributed by atoms with E-state index in [-0.39, 0.29) is 11.3 Å². The Labute approximate surface area is 66.6 Å². The molecule has 0 heterocycles. The van der Waals surface area contributed by atoms with Gasteiger partial charge in [-0.3, -0.25) is 4.79 Å². The average Bonchev–Trinajstić information content (AvgIpc) is 2.54. The lowest BCUT2D eigenvalue weighted by molar-refractivity contribution is -0.139. The fourth-order valence-corrected chi connectivity index (χ4v) is 2.75. The van der Waals surface area contributed by atoms with Crippen molar-refractivity contribution < 1.29 is 9.90 Å². The molecule has 0 amide bonds. The Kier molecular flexibility index (Phi) is 1.29. The van der Waals surface area contributed by atoms with Crippen molar-refractivity contribution in [1.29, 1.82) is 0 Å². The first kappa shape index (κ1) is 7.14. The molecule has 0 radical (unpaired) electrons. The van der Waals surface area contributed by atoms with Gasteiger partial charge in [0.15, 0.2) is 0 Å². The molecule has 0 saturated heterocycles. The van der Waals surface area contributed by atoms with Crippen molar-refractivity contribution in [2.75, 3.05) is 0 Å². The molecule has 2 fully saturated rings. The summed E-state index contributed by atoms with van der Waals surface area (Å²) >= 11 is 0. The van der Waals surface area contributed by atoms with E-state index in [0.717, 1.165) is 12.8 Å². The molecule has 0 bridgehead atoms. The van der Waals surface area contributed by atoms with E-state index in [0.29, 0.717) is 5.92 Å². The van der Waals surface area contributed by atoms with E-state index in [2.05, 4.69) is 6.92 Å². The standard InChI is InChI=1S/C9H14O2/c1-6-3-2-4-9(6)5-7(9)8(10)11/h6-7H,2-5H2,1H3,(H,10,11). The zero-order chi connectivity index (χ0) is 8.06. The highest BCUT2D eigenvalue weighted by Gasteiger charge is 2.62. The largest absolute Gasteiger partial charge is 0.481 e. The van der Waals surface area contributed by atoms with Crippen LogP contribution in [0.1, 0.15) is 32.6 Å². The van der Waals surface area contributed by atoms with E-state index in [1.807, 2.05) is 0 Å². The molecule has 3 atom stereocenters. The Morgan fingerprint density at radius 2 is 2.36 bits per heavy atom. The summed E-state index contributed by atoms with van der Waals surface area (Å²) in [7, 11) is 0. The van der Waals surface area contributed by atoms with Crippen LogP contribution >= 0.6 is 0 Å². The van der Waals surface area contributed by atoms with Gasteiger partial charge in [-0.1, -0.05) is 19.8 Å². The maximum absolute atomic E-state index is 10.7. The van der Waals surface area contributed by atoms with Crippen LogP contribution in [-0.2, 0) is 4.79 Å². The third-order valence-electron chi connectivity index (χ3n) is 3.68. The molecule has 2 nitrogen and oxygen atoms in total. The first-order chi connectivity index (χ1) is 5.17. The third-order valence-corrected chi connectivity index (χ3v) is 3.68. The van der Waals surface area contributed by atoms with Gasteiger partial charge >= 0.3 is 5.97 Å². The number of aliphatic carboxylic acids is 1. The molecule has 2 heteroatoms. The van der Waals surface area contributed by atoms with Crippen molar-refractivity contribution in [3.05, 3.63) is 0 Å². The normalized spacial score (nSPS) is 48.1. The third kappa shape index (κ3) is 0.815. The molecule has 2 saturated carbocycles. The fraction of sp³-hybridized carbons (Fsp3) is 0.889. The zero-order valence-electron chi connectivity index (χ0n) is 6.84. The highest BCUT2D eigenvalue weighted by Crippen LogP contribution is 2.65. The number of carbonyl (C=O) groups is 1. The Balaban J connectivity index is 2.10. The molecule has 2 rings (SSSR count). The molecule has 0 aromatic heterocycles. The summed E-state index contributed by atoms with van der Waals surface area (Å²) in [5, 5.41) is 8.80. The number of rotatable bonds is 1. The highest BCUT2D eigenvalue weighted by molar-refractivity contribution is 5.75. The van der Waals surface area contributed by atoms with Crippen LogP contribution in [0.5, 0.6) is 0 Å². The summed E-state index contributed by atoms with van der Waals surface area (Å²) in [5.74, 6) is 0.0855. The van der Waals surface area contributed by atoms with Gasteiger partial charge in [-0.05, 0) is 24.2 Å². The number of hydrogen-bond acceptors (Lipinski definition) is 1. The summed E-state index contributed by atoms with van der Waals surface area (Å²) in [4.78, 5) is 10.7. The van der Waals surface area contributed by atoms with Crippen LogP contribution in [0.2, 0.25) is 0 Å². The minimum atomic E-state index is -0.571. The SMILES string of the molecule is CC1CCCC12CC2C(=O)O. The predicted molar refractivity (Wildman–Crippen MR) is 41.2 cm³/mol. The van der Waals surface area contributed by atoms with E-state index in [4.69, 9.17) is 5.11 Å². The molecular weight excluding hydrogens is 140 g/mol. The average molecular weight is 154 g/mol. The quantitative estimate of drug-likeness (QED) is 0.626. The van der Waals surface area contributed by atoms with Crippen LogP contribution in [0, 0.1) is 17.3 Å². The summed E-state index contributed by atoms with van der Waals surface area (Å²) < 4.78 is 0. The van der Waals surface area contributed by atoms with E-state index in [1.165, 1.54) is 12.8 Å². The van der Waals surface area contributed by atoms with Crippen LogP contribution < -0.4 is 0 Å². The number of carboxylic acids is 1. The van der Waals surface area contributed by atoms with E-state index in [9.17, 15) is 4.79 Å². The topological polar surface area (TPSA) is 37.3 Å². The van der Waals surface area contributed by atoms with Gasteiger partial charge in [0, 0.05) is 0 Å². The van der Waals surface area contributed by atoms with E-state index in [1.54, 1.807) is 0 Å². The summed E-state index contributed by atoms with van der Waals surface area (Å²) in [5.41, 5.74) is 0.242. The van der Waals surface area contributed by atoms with Crippen molar-refractivity contribution in [2.24, 2.45) is 17.3 Å². The molecule has 3 unspecified atom stereocenters. The Bertz CT molecular complexity index is 200. The number of carboxylic acid groups (broad SMARTS) is 1. The first-order valence-corrected chi connectivity index (χ1v) is 4.39. The molecule has 1 spiro atoms. The van der Waals surface area contributed by atoms with Crippen molar-refractivity contribution in [1.82, 2.24) is 0 Å². The fourth-order valence-electron chi connectivity index (χ4n) is 2.75. The minimum absolute atomic E-state index is 0.000000000000000222. The Morgan fingerprint density at radius 3 is 2.73 bits per heavy atom. The highest BCUT2D eigenvalue weighted by atomic mass is 16.4. The molecule has 2 aliphatic rings. The second kappa shape index (κ2) is 1.99. The van der Waals surface area contributed by atoms with Crippen LogP contribution in [0.25, 0.3) is 0 Å². The maximum atomic E-state index is 10.7. The van der Waals surface area contributed by atoms with Crippen molar-refractivity contribution in [3.63, 3.8) is 0 Å². The first-order valence-electron chi connectivity index (χ1n) is 4.39. The maximum Gasteiger partial charge on any atom is 0.307 e. The Hall–Kier alpha value is -0.530. The lowest BCUT2D eigenvalue weighted by Crippen LogP contribution is -2.12.